The maximum Gasteiger partial charge on any atom is 0.235 e. The van der Waals surface area contributed by atoms with Crippen LogP contribution >= 0.6 is 0 Å². The molecule has 3 heterocycles. The van der Waals surface area contributed by atoms with E-state index in [0.29, 0.717) is 11.7 Å². The molecule has 30 heavy (non-hydrogen) atoms. The van der Waals surface area contributed by atoms with E-state index in [0.717, 1.165) is 37.7 Å². The van der Waals surface area contributed by atoms with Gasteiger partial charge in [0, 0.05) is 29.3 Å². The summed E-state index contributed by atoms with van der Waals surface area (Å²) >= 11 is 0. The summed E-state index contributed by atoms with van der Waals surface area (Å²) in [5, 5.41) is 16.6. The normalized spacial score (nSPS) is 15.7. The maximum atomic E-state index is 14.0. The van der Waals surface area contributed by atoms with Crippen molar-refractivity contribution in [1.82, 2.24) is 30.5 Å². The zero-order valence-corrected chi connectivity index (χ0v) is 16.4. The summed E-state index contributed by atoms with van der Waals surface area (Å²) in [6, 6.07) is 4.82. The van der Waals surface area contributed by atoms with Gasteiger partial charge in [-0.1, -0.05) is 6.07 Å². The maximum absolute atomic E-state index is 14.0. The van der Waals surface area contributed by atoms with E-state index in [9.17, 15) is 8.78 Å². The molecule has 4 rings (SSSR count). The van der Waals surface area contributed by atoms with Gasteiger partial charge in [0.1, 0.15) is 11.6 Å². The molecule has 9 nitrogen and oxygen atoms in total. The molecule has 1 aliphatic heterocycles. The Morgan fingerprint density at radius 2 is 1.87 bits per heavy atom. The van der Waals surface area contributed by atoms with Crippen LogP contribution in [0.1, 0.15) is 43.0 Å². The third-order valence-electron chi connectivity index (χ3n) is 5.04. The van der Waals surface area contributed by atoms with Crippen LogP contribution in [-0.2, 0) is 0 Å². The van der Waals surface area contributed by atoms with Crippen LogP contribution in [0.2, 0.25) is 0 Å². The van der Waals surface area contributed by atoms with Crippen molar-refractivity contribution >= 4 is 23.7 Å². The van der Waals surface area contributed by atoms with Crippen molar-refractivity contribution in [2.24, 2.45) is 0 Å². The van der Waals surface area contributed by atoms with Crippen LogP contribution in [0.5, 0.6) is 0 Å². The number of hydrogen-bond acceptors (Lipinski definition) is 8. The van der Waals surface area contributed by atoms with Crippen molar-refractivity contribution in [1.29, 1.82) is 0 Å². The number of benzene rings is 1. The number of nitrogen functional groups attached to an aromatic ring is 1. The number of nitrogens with zero attached hydrogens (tertiary/aromatic N) is 4. The molecular weight excluding hydrogens is 392 g/mol. The molecule has 0 saturated carbocycles. The number of nitrogens with two attached hydrogens (primary N) is 1. The van der Waals surface area contributed by atoms with Gasteiger partial charge in [-0.25, -0.2) is 8.78 Å². The Bertz CT molecular complexity index is 1020. The summed E-state index contributed by atoms with van der Waals surface area (Å²) in [6.45, 7) is 3.68. The molecule has 1 atom stereocenters. The molecule has 0 spiro atoms. The van der Waals surface area contributed by atoms with Crippen LogP contribution in [0.3, 0.4) is 0 Å². The number of rotatable bonds is 6. The second kappa shape index (κ2) is 8.57. The van der Waals surface area contributed by atoms with E-state index < -0.39 is 17.7 Å². The first-order valence-corrected chi connectivity index (χ1v) is 9.74. The topological polar surface area (TPSA) is 129 Å². The van der Waals surface area contributed by atoms with Crippen molar-refractivity contribution in [2.75, 3.05) is 29.5 Å². The average Bonchev–Trinajstić information content (AvgIpc) is 3.16. The lowest BCUT2D eigenvalue weighted by Gasteiger charge is -2.20. The summed E-state index contributed by atoms with van der Waals surface area (Å²) < 4.78 is 27.2. The number of aromatic amines is 1. The zero-order chi connectivity index (χ0) is 21.1. The second-order valence-electron chi connectivity index (χ2n) is 7.23. The Morgan fingerprint density at radius 3 is 2.63 bits per heavy atom. The van der Waals surface area contributed by atoms with Crippen molar-refractivity contribution in [2.45, 2.75) is 31.7 Å². The van der Waals surface area contributed by atoms with E-state index in [4.69, 9.17) is 5.73 Å². The molecule has 158 valence electrons. The van der Waals surface area contributed by atoms with E-state index >= 15 is 0 Å². The molecular formula is C19H23F2N9. The molecule has 1 fully saturated rings. The Kier molecular flexibility index (Phi) is 5.70. The summed E-state index contributed by atoms with van der Waals surface area (Å²) in [5.74, 6) is 0.0741. The summed E-state index contributed by atoms with van der Waals surface area (Å²) in [5.41, 5.74) is 7.13. The first kappa shape index (κ1) is 20.0. The molecule has 1 aromatic carbocycles. The SMILES string of the molecule is CC(Nc1nc(N)nc(Nc2cc(C3CCNCC3)[nH]n2)n1)c1ccc(F)cc1F. The van der Waals surface area contributed by atoms with Crippen molar-refractivity contribution < 1.29 is 8.78 Å². The van der Waals surface area contributed by atoms with Crippen LogP contribution in [0.4, 0.5) is 32.4 Å². The van der Waals surface area contributed by atoms with Crippen LogP contribution in [0, 0.1) is 11.6 Å². The van der Waals surface area contributed by atoms with E-state index in [-0.39, 0.29) is 23.4 Å². The van der Waals surface area contributed by atoms with E-state index in [1.165, 1.54) is 12.1 Å². The standard InChI is InChI=1S/C19H23F2N9/c1-10(13-3-2-12(20)8-14(13)21)24-18-26-17(22)27-19(28-18)25-16-9-15(29-30-16)11-4-6-23-7-5-11/h2-3,8-11,23H,4-7H2,1H3,(H5,22,24,25,26,27,28,29,30). The molecule has 0 amide bonds. The number of hydrogen-bond donors (Lipinski definition) is 5. The average molecular weight is 415 g/mol. The monoisotopic (exact) mass is 415 g/mol. The van der Waals surface area contributed by atoms with Gasteiger partial charge in [0.25, 0.3) is 0 Å². The number of piperidine rings is 1. The Labute approximate surface area is 171 Å². The minimum Gasteiger partial charge on any atom is -0.368 e. The summed E-state index contributed by atoms with van der Waals surface area (Å²) in [6.07, 6.45) is 2.10. The van der Waals surface area contributed by atoms with Crippen molar-refractivity contribution in [3.05, 3.63) is 47.2 Å². The highest BCUT2D eigenvalue weighted by Gasteiger charge is 2.18. The van der Waals surface area contributed by atoms with Gasteiger partial charge in [-0.15, -0.1) is 0 Å². The van der Waals surface area contributed by atoms with Gasteiger partial charge in [0.2, 0.25) is 17.8 Å². The van der Waals surface area contributed by atoms with Gasteiger partial charge < -0.3 is 21.7 Å². The van der Waals surface area contributed by atoms with Crippen LogP contribution in [0.15, 0.2) is 24.3 Å². The number of H-pyrrole nitrogens is 1. The van der Waals surface area contributed by atoms with E-state index in [1.54, 1.807) is 6.92 Å². The first-order valence-electron chi connectivity index (χ1n) is 9.74. The number of nitrogens with one attached hydrogen (secondary N) is 4. The predicted octanol–water partition coefficient (Wildman–Crippen LogP) is 2.84. The van der Waals surface area contributed by atoms with E-state index in [1.807, 2.05) is 6.07 Å². The minimum absolute atomic E-state index is 0.00380. The number of anilines is 4. The highest BCUT2D eigenvalue weighted by atomic mass is 19.1. The summed E-state index contributed by atoms with van der Waals surface area (Å²) in [7, 11) is 0. The van der Waals surface area contributed by atoms with Gasteiger partial charge in [0.15, 0.2) is 5.82 Å². The van der Waals surface area contributed by atoms with Crippen LogP contribution < -0.4 is 21.7 Å². The molecule has 1 saturated heterocycles. The second-order valence-corrected chi connectivity index (χ2v) is 7.23. The molecule has 1 unspecified atom stereocenters. The zero-order valence-electron chi connectivity index (χ0n) is 16.4. The number of halogens is 2. The molecule has 0 bridgehead atoms. The third kappa shape index (κ3) is 4.62. The molecule has 2 aromatic heterocycles. The fourth-order valence-electron chi connectivity index (χ4n) is 3.49. The van der Waals surface area contributed by atoms with Gasteiger partial charge in [-0.3, -0.25) is 5.10 Å². The largest absolute Gasteiger partial charge is 0.368 e. The highest BCUT2D eigenvalue weighted by molar-refractivity contribution is 5.51. The van der Waals surface area contributed by atoms with Gasteiger partial charge in [-0.2, -0.15) is 20.1 Å². The molecule has 1 aliphatic rings. The third-order valence-corrected chi connectivity index (χ3v) is 5.04. The van der Waals surface area contributed by atoms with Crippen LogP contribution in [0.25, 0.3) is 0 Å². The lowest BCUT2D eigenvalue weighted by Crippen LogP contribution is -2.26. The predicted molar refractivity (Wildman–Crippen MR) is 109 cm³/mol. The fourth-order valence-corrected chi connectivity index (χ4v) is 3.49. The molecule has 3 aromatic rings. The minimum atomic E-state index is -0.655. The van der Waals surface area contributed by atoms with Crippen molar-refractivity contribution in [3.63, 3.8) is 0 Å². The van der Waals surface area contributed by atoms with E-state index in [2.05, 4.69) is 41.1 Å². The van der Waals surface area contributed by atoms with Gasteiger partial charge in [-0.05, 0) is 38.9 Å². The van der Waals surface area contributed by atoms with Gasteiger partial charge >= 0.3 is 0 Å². The number of aromatic nitrogens is 5. The lowest BCUT2D eigenvalue weighted by molar-refractivity contribution is 0.453. The van der Waals surface area contributed by atoms with Gasteiger partial charge in [0.05, 0.1) is 6.04 Å². The Morgan fingerprint density at radius 1 is 1.10 bits per heavy atom. The van der Waals surface area contributed by atoms with Crippen LogP contribution in [-0.4, -0.2) is 38.2 Å². The smallest absolute Gasteiger partial charge is 0.235 e. The highest BCUT2D eigenvalue weighted by Crippen LogP contribution is 2.26. The first-order chi connectivity index (χ1) is 14.5. The lowest BCUT2D eigenvalue weighted by atomic mass is 9.95. The quantitative estimate of drug-likeness (QED) is 0.416. The fraction of sp³-hybridized carbons (Fsp3) is 0.368. The van der Waals surface area contributed by atoms with Crippen molar-refractivity contribution in [3.8, 4) is 0 Å². The Balaban J connectivity index is 1.47. The molecule has 6 N–H and O–H groups in total. The molecule has 0 aliphatic carbocycles. The molecule has 11 heteroatoms. The Hall–Kier alpha value is -3.34. The molecule has 0 radical (unpaired) electrons. The summed E-state index contributed by atoms with van der Waals surface area (Å²) in [4.78, 5) is 12.4.